The van der Waals surface area contributed by atoms with Crippen LogP contribution in [0, 0.1) is 13.8 Å². The number of nitrogens with one attached hydrogen (secondary N) is 2. The summed E-state index contributed by atoms with van der Waals surface area (Å²) in [7, 11) is 0. The number of hydrogen-bond acceptors (Lipinski definition) is 2. The van der Waals surface area contributed by atoms with Crippen molar-refractivity contribution in [2.75, 3.05) is 5.32 Å². The average Bonchev–Trinajstić information content (AvgIpc) is 2.49. The predicted octanol–water partition coefficient (Wildman–Crippen LogP) is 3.98. The van der Waals surface area contributed by atoms with Gasteiger partial charge in [-0.3, -0.25) is 10.1 Å². The van der Waals surface area contributed by atoms with Gasteiger partial charge in [0.2, 0.25) is 5.91 Å². The Hall–Kier alpha value is -2.13. The van der Waals surface area contributed by atoms with E-state index >= 15 is 0 Å². The molecule has 0 saturated carbocycles. The van der Waals surface area contributed by atoms with E-state index in [0.29, 0.717) is 0 Å². The fourth-order valence-corrected chi connectivity index (χ4v) is 2.57. The van der Waals surface area contributed by atoms with Gasteiger partial charge in [0.25, 0.3) is 0 Å². The topological polar surface area (TPSA) is 41.1 Å². The molecule has 0 spiro atoms. The van der Waals surface area contributed by atoms with Crippen LogP contribution in [0.1, 0.15) is 36.6 Å². The molecule has 2 N–H and O–H groups in total. The van der Waals surface area contributed by atoms with Crippen molar-refractivity contribution >= 4 is 11.6 Å². The van der Waals surface area contributed by atoms with Crippen molar-refractivity contribution in [3.63, 3.8) is 0 Å². The van der Waals surface area contributed by atoms with Crippen LogP contribution in [0.3, 0.4) is 0 Å². The van der Waals surface area contributed by atoms with Crippen LogP contribution in [0.5, 0.6) is 0 Å². The fraction of sp³-hybridized carbons (Fsp3) is 0.316. The highest BCUT2D eigenvalue weighted by Crippen LogP contribution is 2.18. The fourth-order valence-electron chi connectivity index (χ4n) is 2.57. The highest BCUT2D eigenvalue weighted by Gasteiger charge is 2.17. The van der Waals surface area contributed by atoms with Gasteiger partial charge in [0.15, 0.2) is 0 Å². The van der Waals surface area contributed by atoms with Gasteiger partial charge in [-0.05, 0) is 50.5 Å². The van der Waals surface area contributed by atoms with Gasteiger partial charge in [-0.1, -0.05) is 42.5 Å². The minimum absolute atomic E-state index is 0.0188. The summed E-state index contributed by atoms with van der Waals surface area (Å²) in [4.78, 5) is 12.3. The van der Waals surface area contributed by atoms with Gasteiger partial charge < -0.3 is 5.32 Å². The number of para-hydroxylation sites is 1. The quantitative estimate of drug-likeness (QED) is 0.876. The van der Waals surface area contributed by atoms with Crippen LogP contribution in [0.4, 0.5) is 5.69 Å². The molecule has 0 aromatic heterocycles. The second-order valence-electron chi connectivity index (χ2n) is 5.77. The molecular weight excluding hydrogens is 272 g/mol. The molecule has 0 saturated heterocycles. The Kier molecular flexibility index (Phi) is 5.34. The average molecular weight is 296 g/mol. The Bertz CT molecular complexity index is 651. The Balaban J connectivity index is 2.00. The molecule has 2 atom stereocenters. The van der Waals surface area contributed by atoms with Crippen molar-refractivity contribution in [1.29, 1.82) is 0 Å². The molecule has 0 radical (unpaired) electrons. The van der Waals surface area contributed by atoms with E-state index in [2.05, 4.69) is 36.6 Å². The van der Waals surface area contributed by atoms with Crippen molar-refractivity contribution in [3.8, 4) is 0 Å². The number of aryl methyl sites for hydroxylation is 2. The molecule has 1 amide bonds. The van der Waals surface area contributed by atoms with Crippen LogP contribution in [-0.2, 0) is 4.79 Å². The second kappa shape index (κ2) is 7.23. The first kappa shape index (κ1) is 16.2. The molecule has 3 heteroatoms. The molecule has 0 fully saturated rings. The molecule has 2 rings (SSSR count). The minimum Gasteiger partial charge on any atom is -0.324 e. The summed E-state index contributed by atoms with van der Waals surface area (Å²) < 4.78 is 0. The number of amides is 1. The Morgan fingerprint density at radius 1 is 0.909 bits per heavy atom. The van der Waals surface area contributed by atoms with Gasteiger partial charge in [-0.25, -0.2) is 0 Å². The molecule has 2 unspecified atom stereocenters. The molecule has 3 nitrogen and oxygen atoms in total. The van der Waals surface area contributed by atoms with E-state index in [4.69, 9.17) is 0 Å². The van der Waals surface area contributed by atoms with E-state index in [1.807, 2.05) is 50.2 Å². The first-order valence-corrected chi connectivity index (χ1v) is 7.67. The van der Waals surface area contributed by atoms with Gasteiger partial charge in [0.1, 0.15) is 0 Å². The maximum atomic E-state index is 12.3. The lowest BCUT2D eigenvalue weighted by molar-refractivity contribution is -0.117. The van der Waals surface area contributed by atoms with Crippen molar-refractivity contribution in [3.05, 3.63) is 65.2 Å². The van der Waals surface area contributed by atoms with Crippen molar-refractivity contribution < 1.29 is 4.79 Å². The molecular formula is C19H24N2O. The minimum atomic E-state index is -0.269. The summed E-state index contributed by atoms with van der Waals surface area (Å²) >= 11 is 0. The Morgan fingerprint density at radius 3 is 2.14 bits per heavy atom. The standard InChI is InChI=1S/C19H24N2O/c1-13-9-5-7-11-17(13)15(3)20-16(4)19(22)21-18-12-8-6-10-14(18)2/h5-12,15-16,20H,1-4H3,(H,21,22). The van der Waals surface area contributed by atoms with Crippen LogP contribution in [0.15, 0.2) is 48.5 Å². The predicted molar refractivity (Wildman–Crippen MR) is 92.0 cm³/mol. The lowest BCUT2D eigenvalue weighted by Gasteiger charge is -2.21. The highest BCUT2D eigenvalue weighted by atomic mass is 16.2. The van der Waals surface area contributed by atoms with Crippen LogP contribution in [-0.4, -0.2) is 11.9 Å². The van der Waals surface area contributed by atoms with Crippen molar-refractivity contribution in [2.24, 2.45) is 0 Å². The molecule has 2 aromatic rings. The van der Waals surface area contributed by atoms with Gasteiger partial charge in [0, 0.05) is 11.7 Å². The summed E-state index contributed by atoms with van der Waals surface area (Å²) in [6.45, 7) is 8.05. The number of hydrogen-bond donors (Lipinski definition) is 2. The number of rotatable bonds is 5. The van der Waals surface area contributed by atoms with E-state index in [0.717, 1.165) is 11.3 Å². The van der Waals surface area contributed by atoms with E-state index in [1.54, 1.807) is 0 Å². The Morgan fingerprint density at radius 2 is 1.50 bits per heavy atom. The number of carbonyl (C=O) groups is 1. The Labute approximate surface area is 132 Å². The highest BCUT2D eigenvalue weighted by molar-refractivity contribution is 5.95. The molecule has 0 aliphatic carbocycles. The third kappa shape index (κ3) is 3.95. The van der Waals surface area contributed by atoms with Gasteiger partial charge in [0.05, 0.1) is 6.04 Å². The largest absolute Gasteiger partial charge is 0.324 e. The molecule has 22 heavy (non-hydrogen) atoms. The normalized spacial score (nSPS) is 13.5. The lowest BCUT2D eigenvalue weighted by atomic mass is 10.0. The van der Waals surface area contributed by atoms with Gasteiger partial charge in [-0.2, -0.15) is 0 Å². The van der Waals surface area contributed by atoms with E-state index in [9.17, 15) is 4.79 Å². The van der Waals surface area contributed by atoms with Crippen LogP contribution < -0.4 is 10.6 Å². The van der Waals surface area contributed by atoms with Gasteiger partial charge >= 0.3 is 0 Å². The maximum Gasteiger partial charge on any atom is 0.241 e. The number of anilines is 1. The first-order chi connectivity index (χ1) is 10.5. The zero-order valence-electron chi connectivity index (χ0n) is 13.7. The lowest BCUT2D eigenvalue weighted by Crippen LogP contribution is -2.39. The molecule has 0 aliphatic heterocycles. The monoisotopic (exact) mass is 296 g/mol. The van der Waals surface area contributed by atoms with E-state index < -0.39 is 0 Å². The van der Waals surface area contributed by atoms with Gasteiger partial charge in [-0.15, -0.1) is 0 Å². The number of carbonyl (C=O) groups excluding carboxylic acids is 1. The van der Waals surface area contributed by atoms with E-state index in [1.165, 1.54) is 11.1 Å². The van der Waals surface area contributed by atoms with Crippen LogP contribution in [0.25, 0.3) is 0 Å². The summed E-state index contributed by atoms with van der Waals surface area (Å²) in [6, 6.07) is 15.9. The maximum absolute atomic E-state index is 12.3. The molecule has 0 bridgehead atoms. The van der Waals surface area contributed by atoms with Crippen molar-refractivity contribution in [1.82, 2.24) is 5.32 Å². The molecule has 0 aliphatic rings. The first-order valence-electron chi connectivity index (χ1n) is 7.67. The zero-order valence-corrected chi connectivity index (χ0v) is 13.7. The second-order valence-corrected chi connectivity index (χ2v) is 5.77. The third-order valence-corrected chi connectivity index (χ3v) is 3.95. The summed E-state index contributed by atoms with van der Waals surface area (Å²) in [5.41, 5.74) is 4.38. The summed E-state index contributed by atoms with van der Waals surface area (Å²) in [6.07, 6.45) is 0. The summed E-state index contributed by atoms with van der Waals surface area (Å²) in [5, 5.41) is 6.34. The zero-order chi connectivity index (χ0) is 16.1. The van der Waals surface area contributed by atoms with Crippen LogP contribution in [0.2, 0.25) is 0 Å². The SMILES string of the molecule is Cc1ccccc1NC(=O)C(C)NC(C)c1ccccc1C. The molecule has 116 valence electrons. The summed E-state index contributed by atoms with van der Waals surface area (Å²) in [5.74, 6) is -0.0188. The number of benzene rings is 2. The molecule has 0 heterocycles. The van der Waals surface area contributed by atoms with Crippen LogP contribution >= 0.6 is 0 Å². The smallest absolute Gasteiger partial charge is 0.241 e. The molecule has 2 aromatic carbocycles. The van der Waals surface area contributed by atoms with Crippen molar-refractivity contribution in [2.45, 2.75) is 39.8 Å². The third-order valence-electron chi connectivity index (χ3n) is 3.95. The van der Waals surface area contributed by atoms with E-state index in [-0.39, 0.29) is 18.0 Å².